The van der Waals surface area contributed by atoms with Crippen LogP contribution in [0.25, 0.3) is 0 Å². The van der Waals surface area contributed by atoms with Crippen LogP contribution in [0.4, 0.5) is 0 Å². The van der Waals surface area contributed by atoms with Crippen LogP contribution in [-0.2, 0) is 4.79 Å². The Balaban J connectivity index is 2.31. The molecule has 1 rings (SSSR count). The van der Waals surface area contributed by atoms with Gasteiger partial charge in [0.1, 0.15) is 0 Å². The lowest BCUT2D eigenvalue weighted by atomic mass is 9.99. The first kappa shape index (κ1) is 14.5. The first-order valence-corrected chi connectivity index (χ1v) is 7.11. The molecule has 3 atom stereocenters. The highest BCUT2D eigenvalue weighted by molar-refractivity contribution is 5.81. The number of rotatable bonds is 6. The molecule has 1 aliphatic rings. The summed E-state index contributed by atoms with van der Waals surface area (Å²) in [4.78, 5) is 11.9. The Labute approximate surface area is 106 Å². The van der Waals surface area contributed by atoms with Crippen LogP contribution >= 0.6 is 0 Å². The second-order valence-corrected chi connectivity index (χ2v) is 5.54. The highest BCUT2D eigenvalue weighted by Gasteiger charge is 2.24. The molecule has 0 aromatic rings. The van der Waals surface area contributed by atoms with Gasteiger partial charge in [0.25, 0.3) is 0 Å². The summed E-state index contributed by atoms with van der Waals surface area (Å²) in [6, 6.07) is 0.642. The monoisotopic (exact) mass is 240 g/mol. The van der Waals surface area contributed by atoms with E-state index in [4.69, 9.17) is 0 Å². The van der Waals surface area contributed by atoms with E-state index in [1.54, 1.807) is 0 Å². The number of hydrogen-bond acceptors (Lipinski definition) is 2. The lowest BCUT2D eigenvalue weighted by Gasteiger charge is -2.25. The molecule has 1 saturated carbocycles. The van der Waals surface area contributed by atoms with Crippen molar-refractivity contribution in [3.63, 3.8) is 0 Å². The van der Waals surface area contributed by atoms with E-state index < -0.39 is 0 Å². The molecule has 1 fully saturated rings. The van der Waals surface area contributed by atoms with Gasteiger partial charge in [0, 0.05) is 12.1 Å². The molecular weight excluding hydrogens is 212 g/mol. The van der Waals surface area contributed by atoms with Crippen molar-refractivity contribution < 1.29 is 4.79 Å². The standard InChI is InChI=1S/C14H28N2O/c1-5-10(2)15-14(17)12(4)16-11(3)13-8-6-7-9-13/h10-13,16H,5-9H2,1-4H3,(H,15,17)/t10?,11-,12?/m0/s1. The first-order chi connectivity index (χ1) is 8.04. The average Bonchev–Trinajstić information content (AvgIpc) is 2.82. The van der Waals surface area contributed by atoms with Gasteiger partial charge in [0.2, 0.25) is 5.91 Å². The van der Waals surface area contributed by atoms with Crippen LogP contribution in [0, 0.1) is 5.92 Å². The van der Waals surface area contributed by atoms with Crippen molar-refractivity contribution in [2.24, 2.45) is 5.92 Å². The van der Waals surface area contributed by atoms with Crippen molar-refractivity contribution in [1.29, 1.82) is 0 Å². The second kappa shape index (κ2) is 7.00. The summed E-state index contributed by atoms with van der Waals surface area (Å²) >= 11 is 0. The van der Waals surface area contributed by atoms with Crippen LogP contribution in [0.2, 0.25) is 0 Å². The molecule has 2 unspecified atom stereocenters. The number of nitrogens with one attached hydrogen (secondary N) is 2. The fourth-order valence-electron chi connectivity index (χ4n) is 2.53. The van der Waals surface area contributed by atoms with Gasteiger partial charge in [-0.15, -0.1) is 0 Å². The van der Waals surface area contributed by atoms with Gasteiger partial charge in [-0.1, -0.05) is 19.8 Å². The quantitative estimate of drug-likeness (QED) is 0.749. The Hall–Kier alpha value is -0.570. The maximum absolute atomic E-state index is 11.9. The Kier molecular flexibility index (Phi) is 5.96. The number of amides is 1. The van der Waals surface area contributed by atoms with Crippen molar-refractivity contribution in [1.82, 2.24) is 10.6 Å². The normalized spacial score (nSPS) is 22.1. The molecule has 0 heterocycles. The molecule has 1 aliphatic carbocycles. The largest absolute Gasteiger partial charge is 0.352 e. The molecule has 17 heavy (non-hydrogen) atoms. The molecule has 0 bridgehead atoms. The summed E-state index contributed by atoms with van der Waals surface area (Å²) in [6.45, 7) is 8.31. The van der Waals surface area contributed by atoms with E-state index in [9.17, 15) is 4.79 Å². The van der Waals surface area contributed by atoms with E-state index in [0.29, 0.717) is 6.04 Å². The highest BCUT2D eigenvalue weighted by atomic mass is 16.2. The van der Waals surface area contributed by atoms with Crippen LogP contribution in [-0.4, -0.2) is 24.0 Å². The fourth-order valence-corrected chi connectivity index (χ4v) is 2.53. The van der Waals surface area contributed by atoms with Gasteiger partial charge >= 0.3 is 0 Å². The minimum atomic E-state index is -0.0837. The summed E-state index contributed by atoms with van der Waals surface area (Å²) < 4.78 is 0. The van der Waals surface area contributed by atoms with Gasteiger partial charge < -0.3 is 10.6 Å². The summed E-state index contributed by atoms with van der Waals surface area (Å²) in [6.07, 6.45) is 6.31. The molecule has 0 aliphatic heterocycles. The lowest BCUT2D eigenvalue weighted by molar-refractivity contribution is -0.123. The van der Waals surface area contributed by atoms with Gasteiger partial charge in [-0.25, -0.2) is 0 Å². The Morgan fingerprint density at radius 3 is 2.35 bits per heavy atom. The van der Waals surface area contributed by atoms with E-state index in [2.05, 4.69) is 24.5 Å². The van der Waals surface area contributed by atoms with Gasteiger partial charge in [0.15, 0.2) is 0 Å². The predicted molar refractivity (Wildman–Crippen MR) is 71.9 cm³/mol. The maximum Gasteiger partial charge on any atom is 0.237 e. The summed E-state index contributed by atoms with van der Waals surface area (Å²) in [5.41, 5.74) is 0. The molecule has 1 amide bonds. The van der Waals surface area contributed by atoms with Crippen molar-refractivity contribution in [2.45, 2.75) is 77.9 Å². The molecule has 3 nitrogen and oxygen atoms in total. The fraction of sp³-hybridized carbons (Fsp3) is 0.929. The van der Waals surface area contributed by atoms with Gasteiger partial charge in [-0.3, -0.25) is 4.79 Å². The van der Waals surface area contributed by atoms with Crippen LogP contribution in [0.1, 0.15) is 59.8 Å². The maximum atomic E-state index is 11.9. The third kappa shape index (κ3) is 4.66. The molecule has 0 spiro atoms. The van der Waals surface area contributed by atoms with Crippen LogP contribution in [0.5, 0.6) is 0 Å². The third-order valence-electron chi connectivity index (χ3n) is 4.01. The van der Waals surface area contributed by atoms with Gasteiger partial charge in [0.05, 0.1) is 6.04 Å². The van der Waals surface area contributed by atoms with Gasteiger partial charge in [-0.2, -0.15) is 0 Å². The van der Waals surface area contributed by atoms with Crippen LogP contribution in [0.3, 0.4) is 0 Å². The van der Waals surface area contributed by atoms with Crippen LogP contribution < -0.4 is 10.6 Å². The zero-order chi connectivity index (χ0) is 12.8. The van der Waals surface area contributed by atoms with Gasteiger partial charge in [-0.05, 0) is 46.0 Å². The smallest absolute Gasteiger partial charge is 0.237 e. The molecule has 0 saturated heterocycles. The molecule has 0 aromatic heterocycles. The van der Waals surface area contributed by atoms with Crippen LogP contribution in [0.15, 0.2) is 0 Å². The molecule has 0 aromatic carbocycles. The van der Waals surface area contributed by atoms with Crippen molar-refractivity contribution in [3.8, 4) is 0 Å². The minimum Gasteiger partial charge on any atom is -0.352 e. The third-order valence-corrected chi connectivity index (χ3v) is 4.01. The summed E-state index contributed by atoms with van der Waals surface area (Å²) in [5.74, 6) is 0.887. The molecule has 3 heteroatoms. The number of carbonyl (C=O) groups is 1. The average molecular weight is 240 g/mol. The second-order valence-electron chi connectivity index (χ2n) is 5.54. The van der Waals surface area contributed by atoms with Crippen molar-refractivity contribution >= 4 is 5.91 Å². The Morgan fingerprint density at radius 2 is 1.82 bits per heavy atom. The predicted octanol–water partition coefficient (Wildman–Crippen LogP) is 2.46. The zero-order valence-electron chi connectivity index (χ0n) is 11.8. The summed E-state index contributed by atoms with van der Waals surface area (Å²) in [7, 11) is 0. The summed E-state index contributed by atoms with van der Waals surface area (Å²) in [5, 5.41) is 6.46. The van der Waals surface area contributed by atoms with E-state index in [-0.39, 0.29) is 18.0 Å². The SMILES string of the molecule is CCC(C)NC(=O)C(C)N[C@@H](C)C1CCCC1. The molecule has 0 radical (unpaired) electrons. The Morgan fingerprint density at radius 1 is 1.24 bits per heavy atom. The zero-order valence-corrected chi connectivity index (χ0v) is 11.8. The lowest BCUT2D eigenvalue weighted by Crippen LogP contribution is -2.49. The van der Waals surface area contributed by atoms with E-state index >= 15 is 0 Å². The van der Waals surface area contributed by atoms with Crippen molar-refractivity contribution in [3.05, 3.63) is 0 Å². The minimum absolute atomic E-state index is 0.0837. The van der Waals surface area contributed by atoms with E-state index in [1.807, 2.05) is 13.8 Å². The Bertz CT molecular complexity index is 236. The van der Waals surface area contributed by atoms with E-state index in [0.717, 1.165) is 12.3 Å². The topological polar surface area (TPSA) is 41.1 Å². The molecule has 100 valence electrons. The van der Waals surface area contributed by atoms with E-state index in [1.165, 1.54) is 25.7 Å². The number of carbonyl (C=O) groups excluding carboxylic acids is 1. The molecule has 2 N–H and O–H groups in total. The number of hydrogen-bond donors (Lipinski definition) is 2. The highest BCUT2D eigenvalue weighted by Crippen LogP contribution is 2.27. The molecular formula is C14H28N2O. The first-order valence-electron chi connectivity index (χ1n) is 7.11. The van der Waals surface area contributed by atoms with Crippen molar-refractivity contribution in [2.75, 3.05) is 0 Å².